The number of rotatable bonds is 5. The van der Waals surface area contributed by atoms with Gasteiger partial charge >= 0.3 is 0 Å². The van der Waals surface area contributed by atoms with Crippen LogP contribution in [0.5, 0.6) is 0 Å². The highest BCUT2D eigenvalue weighted by atomic mass is 35.5. The number of amides is 1. The van der Waals surface area contributed by atoms with Gasteiger partial charge in [0.05, 0.1) is 0 Å². The second-order valence-electron chi connectivity index (χ2n) is 4.64. The van der Waals surface area contributed by atoms with Crippen molar-refractivity contribution in [3.8, 4) is 0 Å². The molecule has 92 valence electrons. The van der Waals surface area contributed by atoms with Crippen LogP contribution in [0, 0.1) is 0 Å². The Labute approximate surface area is 107 Å². The van der Waals surface area contributed by atoms with Gasteiger partial charge in [0.25, 0.3) is 0 Å². The molecule has 1 aliphatic rings. The predicted molar refractivity (Wildman–Crippen MR) is 70.3 cm³/mol. The van der Waals surface area contributed by atoms with Crippen LogP contribution in [0.1, 0.15) is 44.1 Å². The van der Waals surface area contributed by atoms with E-state index < -0.39 is 0 Å². The summed E-state index contributed by atoms with van der Waals surface area (Å²) >= 11 is 6.13. The Bertz CT molecular complexity index is 405. The van der Waals surface area contributed by atoms with Crippen molar-refractivity contribution in [2.45, 2.75) is 44.6 Å². The summed E-state index contributed by atoms with van der Waals surface area (Å²) in [7, 11) is 0. The number of nitrogens with one attached hydrogen (secondary N) is 1. The number of carbonyl (C=O) groups excluding carboxylic acids is 1. The minimum atomic E-state index is 0.173. The molecular weight excluding hydrogens is 234 g/mol. The number of unbranched alkanes of at least 4 members (excludes halogenated alkanes) is 1. The van der Waals surface area contributed by atoms with Crippen molar-refractivity contribution in [1.82, 2.24) is 5.32 Å². The molecule has 0 aliphatic heterocycles. The van der Waals surface area contributed by atoms with Crippen LogP contribution in [0.15, 0.2) is 24.3 Å². The van der Waals surface area contributed by atoms with Crippen LogP contribution in [0.4, 0.5) is 0 Å². The summed E-state index contributed by atoms with van der Waals surface area (Å²) in [5.41, 5.74) is 1.16. The predicted octanol–water partition coefficient (Wildman–Crippen LogP) is 3.50. The van der Waals surface area contributed by atoms with Gasteiger partial charge in [-0.15, -0.1) is 0 Å². The first-order chi connectivity index (χ1) is 8.22. The first kappa shape index (κ1) is 12.4. The van der Waals surface area contributed by atoms with E-state index in [2.05, 4.69) is 12.2 Å². The Kier molecular flexibility index (Phi) is 4.06. The summed E-state index contributed by atoms with van der Waals surface area (Å²) in [5, 5.41) is 3.88. The standard InChI is InChI=1S/C14H18ClNO/c1-2-3-8-14(17)16-13-9-11(13)10-6-4-5-7-12(10)15/h4-7,11,13H,2-3,8-9H2,1H3,(H,16,17)/t11-,13+/m1/s1. The molecule has 1 saturated carbocycles. The maximum Gasteiger partial charge on any atom is 0.220 e. The van der Waals surface area contributed by atoms with Gasteiger partial charge in [0.15, 0.2) is 0 Å². The molecule has 0 saturated heterocycles. The molecular formula is C14H18ClNO. The Morgan fingerprint density at radius 1 is 1.47 bits per heavy atom. The van der Waals surface area contributed by atoms with Crippen molar-refractivity contribution >= 4 is 17.5 Å². The summed E-state index contributed by atoms with van der Waals surface area (Å²) < 4.78 is 0. The monoisotopic (exact) mass is 251 g/mol. The maximum absolute atomic E-state index is 11.6. The Morgan fingerprint density at radius 2 is 2.24 bits per heavy atom. The summed E-state index contributed by atoms with van der Waals surface area (Å²) in [6.45, 7) is 2.09. The van der Waals surface area contributed by atoms with Crippen LogP contribution in [0.2, 0.25) is 5.02 Å². The van der Waals surface area contributed by atoms with Gasteiger partial charge in [-0.25, -0.2) is 0 Å². The van der Waals surface area contributed by atoms with Crippen LogP contribution < -0.4 is 5.32 Å². The topological polar surface area (TPSA) is 29.1 Å². The molecule has 17 heavy (non-hydrogen) atoms. The Morgan fingerprint density at radius 3 is 2.94 bits per heavy atom. The SMILES string of the molecule is CCCCC(=O)N[C@H]1C[C@@H]1c1ccccc1Cl. The minimum absolute atomic E-state index is 0.173. The van der Waals surface area contributed by atoms with E-state index in [4.69, 9.17) is 11.6 Å². The van der Waals surface area contributed by atoms with Crippen LogP contribution in [-0.2, 0) is 4.79 Å². The van der Waals surface area contributed by atoms with Gasteiger partial charge in [-0.1, -0.05) is 43.1 Å². The molecule has 2 rings (SSSR count). The third-order valence-corrected chi connectivity index (χ3v) is 3.54. The fraction of sp³-hybridized carbons (Fsp3) is 0.500. The van der Waals surface area contributed by atoms with Crippen LogP contribution in [0.25, 0.3) is 0 Å². The van der Waals surface area contributed by atoms with Crippen molar-refractivity contribution in [2.24, 2.45) is 0 Å². The molecule has 1 amide bonds. The normalized spacial score (nSPS) is 22.2. The second-order valence-corrected chi connectivity index (χ2v) is 5.05. The van der Waals surface area contributed by atoms with Gasteiger partial charge in [-0.2, -0.15) is 0 Å². The van der Waals surface area contributed by atoms with Gasteiger partial charge in [-0.3, -0.25) is 4.79 Å². The number of carbonyl (C=O) groups is 1. The lowest BCUT2D eigenvalue weighted by Crippen LogP contribution is -2.26. The van der Waals surface area contributed by atoms with Crippen molar-refractivity contribution in [2.75, 3.05) is 0 Å². The van der Waals surface area contributed by atoms with Crippen molar-refractivity contribution in [1.29, 1.82) is 0 Å². The number of halogens is 1. The summed E-state index contributed by atoms with van der Waals surface area (Å²) in [5.74, 6) is 0.584. The molecule has 1 fully saturated rings. The van der Waals surface area contributed by atoms with Crippen molar-refractivity contribution < 1.29 is 4.79 Å². The van der Waals surface area contributed by atoms with Gasteiger partial charge < -0.3 is 5.32 Å². The van der Waals surface area contributed by atoms with Crippen LogP contribution in [-0.4, -0.2) is 11.9 Å². The van der Waals surface area contributed by atoms with E-state index in [0.29, 0.717) is 18.4 Å². The lowest BCUT2D eigenvalue weighted by molar-refractivity contribution is -0.121. The summed E-state index contributed by atoms with van der Waals surface area (Å²) in [4.78, 5) is 11.6. The summed E-state index contributed by atoms with van der Waals surface area (Å²) in [6.07, 6.45) is 3.69. The van der Waals surface area contributed by atoms with E-state index in [1.165, 1.54) is 0 Å². The van der Waals surface area contributed by atoms with Crippen molar-refractivity contribution in [3.63, 3.8) is 0 Å². The Hall–Kier alpha value is -1.02. The number of hydrogen-bond donors (Lipinski definition) is 1. The van der Waals surface area contributed by atoms with Crippen LogP contribution >= 0.6 is 11.6 Å². The van der Waals surface area contributed by atoms with Crippen molar-refractivity contribution in [3.05, 3.63) is 34.9 Å². The van der Waals surface area contributed by atoms with E-state index >= 15 is 0 Å². The zero-order valence-corrected chi connectivity index (χ0v) is 10.8. The van der Waals surface area contributed by atoms with E-state index in [1.807, 2.05) is 24.3 Å². The molecule has 0 bridgehead atoms. The molecule has 0 unspecified atom stereocenters. The average Bonchev–Trinajstić information content (AvgIpc) is 3.06. The van der Waals surface area contributed by atoms with E-state index in [-0.39, 0.29) is 5.91 Å². The lowest BCUT2D eigenvalue weighted by atomic mass is 10.1. The first-order valence-electron chi connectivity index (χ1n) is 6.26. The van der Waals surface area contributed by atoms with Gasteiger partial charge in [0.2, 0.25) is 5.91 Å². The Balaban J connectivity index is 1.85. The molecule has 1 N–H and O–H groups in total. The number of benzene rings is 1. The van der Waals surface area contributed by atoms with Gasteiger partial charge in [-0.05, 0) is 24.5 Å². The van der Waals surface area contributed by atoms with Gasteiger partial charge in [0.1, 0.15) is 0 Å². The first-order valence-corrected chi connectivity index (χ1v) is 6.64. The van der Waals surface area contributed by atoms with E-state index in [9.17, 15) is 4.79 Å². The fourth-order valence-electron chi connectivity index (χ4n) is 2.09. The lowest BCUT2D eigenvalue weighted by Gasteiger charge is -2.05. The molecule has 0 spiro atoms. The zero-order valence-electron chi connectivity index (χ0n) is 10.1. The van der Waals surface area contributed by atoms with Gasteiger partial charge in [0, 0.05) is 23.4 Å². The largest absolute Gasteiger partial charge is 0.353 e. The zero-order chi connectivity index (χ0) is 12.3. The van der Waals surface area contributed by atoms with E-state index in [0.717, 1.165) is 29.8 Å². The third-order valence-electron chi connectivity index (χ3n) is 3.20. The molecule has 1 aliphatic carbocycles. The number of hydrogen-bond acceptors (Lipinski definition) is 1. The van der Waals surface area contributed by atoms with E-state index in [1.54, 1.807) is 0 Å². The molecule has 3 heteroatoms. The average molecular weight is 252 g/mol. The smallest absolute Gasteiger partial charge is 0.220 e. The molecule has 1 aromatic rings. The molecule has 2 nitrogen and oxygen atoms in total. The fourth-order valence-corrected chi connectivity index (χ4v) is 2.37. The molecule has 1 aromatic carbocycles. The quantitative estimate of drug-likeness (QED) is 0.853. The minimum Gasteiger partial charge on any atom is -0.353 e. The molecule has 2 atom stereocenters. The highest BCUT2D eigenvalue weighted by molar-refractivity contribution is 6.31. The molecule has 0 radical (unpaired) electrons. The third kappa shape index (κ3) is 3.22. The van der Waals surface area contributed by atoms with Crippen LogP contribution in [0.3, 0.4) is 0 Å². The highest BCUT2D eigenvalue weighted by Crippen LogP contribution is 2.43. The summed E-state index contributed by atoms with van der Waals surface area (Å²) in [6, 6.07) is 8.17. The molecule has 0 heterocycles. The second kappa shape index (κ2) is 5.54. The highest BCUT2D eigenvalue weighted by Gasteiger charge is 2.40. The maximum atomic E-state index is 11.6. The molecule has 0 aromatic heterocycles.